The van der Waals surface area contributed by atoms with E-state index < -0.39 is 0 Å². The molecule has 0 bridgehead atoms. The van der Waals surface area contributed by atoms with Crippen LogP contribution in [-0.2, 0) is 6.54 Å². The van der Waals surface area contributed by atoms with E-state index in [4.69, 9.17) is 0 Å². The lowest BCUT2D eigenvalue weighted by Gasteiger charge is -2.23. The Morgan fingerprint density at radius 2 is 2.16 bits per heavy atom. The van der Waals surface area contributed by atoms with E-state index in [2.05, 4.69) is 38.8 Å². The molecule has 0 saturated heterocycles. The summed E-state index contributed by atoms with van der Waals surface area (Å²) >= 11 is 3.39. The molecule has 0 fully saturated rings. The number of nitriles is 1. The Hall–Kier alpha value is -1.86. The van der Waals surface area contributed by atoms with Gasteiger partial charge in [0.05, 0.1) is 23.5 Å². The molecule has 3 nitrogen and oxygen atoms in total. The van der Waals surface area contributed by atoms with Gasteiger partial charge in [-0.2, -0.15) is 5.26 Å². The number of rotatable bonds is 4. The summed E-state index contributed by atoms with van der Waals surface area (Å²) < 4.78 is 0.918. The van der Waals surface area contributed by atoms with Crippen molar-refractivity contribution in [2.45, 2.75) is 13.5 Å². The number of hydrogen-bond donors (Lipinski definition) is 0. The maximum Gasteiger partial charge on any atom is 0.101 e. The molecular formula is C15H14BrN3. The van der Waals surface area contributed by atoms with Crippen LogP contribution >= 0.6 is 15.9 Å². The standard InChI is InChI=1S/C15H14BrN3/c1-2-19(11-14-5-3-4-8-18-14)15-7-6-13(16)9-12(15)10-17/h3-9H,2,11H2,1H3. The molecule has 4 heteroatoms. The zero-order valence-electron chi connectivity index (χ0n) is 10.7. The number of benzene rings is 1. The van der Waals surface area contributed by atoms with Crippen molar-refractivity contribution in [3.05, 3.63) is 58.3 Å². The third kappa shape index (κ3) is 3.33. The summed E-state index contributed by atoms with van der Waals surface area (Å²) in [5, 5.41) is 9.24. The van der Waals surface area contributed by atoms with E-state index in [9.17, 15) is 5.26 Å². The molecule has 0 aliphatic rings. The molecule has 96 valence electrons. The Kier molecular flexibility index (Phi) is 4.53. The third-order valence-electron chi connectivity index (χ3n) is 2.88. The molecule has 0 radical (unpaired) electrons. The topological polar surface area (TPSA) is 39.9 Å². The van der Waals surface area contributed by atoms with Crippen LogP contribution in [0, 0.1) is 11.3 Å². The van der Waals surface area contributed by atoms with E-state index in [-0.39, 0.29) is 0 Å². The smallest absolute Gasteiger partial charge is 0.101 e. The highest BCUT2D eigenvalue weighted by Gasteiger charge is 2.11. The van der Waals surface area contributed by atoms with Gasteiger partial charge in [-0.25, -0.2) is 0 Å². The minimum absolute atomic E-state index is 0.673. The Morgan fingerprint density at radius 1 is 1.32 bits per heavy atom. The molecule has 0 saturated carbocycles. The van der Waals surface area contributed by atoms with Crippen molar-refractivity contribution in [2.24, 2.45) is 0 Å². The van der Waals surface area contributed by atoms with Crippen LogP contribution < -0.4 is 4.90 Å². The van der Waals surface area contributed by atoms with E-state index in [0.29, 0.717) is 12.1 Å². The number of hydrogen-bond acceptors (Lipinski definition) is 3. The lowest BCUT2D eigenvalue weighted by atomic mass is 10.1. The van der Waals surface area contributed by atoms with Crippen molar-refractivity contribution in [1.29, 1.82) is 5.26 Å². The third-order valence-corrected chi connectivity index (χ3v) is 3.37. The number of pyridine rings is 1. The lowest BCUT2D eigenvalue weighted by molar-refractivity contribution is 0.808. The Bertz CT molecular complexity index is 590. The fraction of sp³-hybridized carbons (Fsp3) is 0.200. The van der Waals surface area contributed by atoms with Gasteiger partial charge in [0.2, 0.25) is 0 Å². The van der Waals surface area contributed by atoms with E-state index in [0.717, 1.165) is 22.4 Å². The van der Waals surface area contributed by atoms with Gasteiger partial charge in [0.15, 0.2) is 0 Å². The van der Waals surface area contributed by atoms with Gasteiger partial charge >= 0.3 is 0 Å². The average Bonchev–Trinajstić information content (AvgIpc) is 2.46. The molecule has 19 heavy (non-hydrogen) atoms. The molecule has 1 heterocycles. The molecule has 1 aromatic carbocycles. The molecule has 0 unspecified atom stereocenters. The molecule has 0 amide bonds. The Morgan fingerprint density at radius 3 is 2.79 bits per heavy atom. The highest BCUT2D eigenvalue weighted by atomic mass is 79.9. The van der Waals surface area contributed by atoms with Crippen molar-refractivity contribution in [3.63, 3.8) is 0 Å². The van der Waals surface area contributed by atoms with Gasteiger partial charge in [0.1, 0.15) is 6.07 Å². The van der Waals surface area contributed by atoms with E-state index in [1.807, 2.05) is 36.4 Å². The molecule has 2 rings (SSSR count). The number of nitrogens with zero attached hydrogens (tertiary/aromatic N) is 3. The van der Waals surface area contributed by atoms with Crippen LogP contribution in [0.3, 0.4) is 0 Å². The first-order valence-corrected chi connectivity index (χ1v) is 6.88. The fourth-order valence-electron chi connectivity index (χ4n) is 1.93. The summed E-state index contributed by atoms with van der Waals surface area (Å²) in [6, 6.07) is 13.9. The van der Waals surface area contributed by atoms with Crippen LogP contribution in [0.1, 0.15) is 18.2 Å². The SMILES string of the molecule is CCN(Cc1ccccn1)c1ccc(Br)cc1C#N. The van der Waals surface area contributed by atoms with Crippen LogP contribution in [0.4, 0.5) is 5.69 Å². The normalized spacial score (nSPS) is 9.95. The van der Waals surface area contributed by atoms with Gasteiger partial charge in [0, 0.05) is 17.2 Å². The monoisotopic (exact) mass is 315 g/mol. The molecule has 1 aromatic heterocycles. The number of aromatic nitrogens is 1. The first-order chi connectivity index (χ1) is 9.24. The largest absolute Gasteiger partial charge is 0.365 e. The molecule has 2 aromatic rings. The summed E-state index contributed by atoms with van der Waals surface area (Å²) in [5.41, 5.74) is 2.61. The second kappa shape index (κ2) is 6.35. The van der Waals surface area contributed by atoms with Crippen LogP contribution in [0.2, 0.25) is 0 Å². The lowest BCUT2D eigenvalue weighted by Crippen LogP contribution is -2.23. The maximum absolute atomic E-state index is 9.24. The minimum atomic E-state index is 0.673. The van der Waals surface area contributed by atoms with E-state index in [1.54, 1.807) is 6.20 Å². The highest BCUT2D eigenvalue weighted by molar-refractivity contribution is 9.10. The van der Waals surface area contributed by atoms with Crippen molar-refractivity contribution < 1.29 is 0 Å². The van der Waals surface area contributed by atoms with Crippen molar-refractivity contribution in [2.75, 3.05) is 11.4 Å². The zero-order valence-corrected chi connectivity index (χ0v) is 12.3. The average molecular weight is 316 g/mol. The van der Waals surface area contributed by atoms with Crippen LogP contribution in [0.5, 0.6) is 0 Å². The summed E-state index contributed by atoms with van der Waals surface area (Å²) in [4.78, 5) is 6.48. The summed E-state index contributed by atoms with van der Waals surface area (Å²) in [5.74, 6) is 0. The predicted molar refractivity (Wildman–Crippen MR) is 79.8 cm³/mol. The van der Waals surface area contributed by atoms with Gasteiger partial charge < -0.3 is 4.90 Å². The first-order valence-electron chi connectivity index (χ1n) is 6.09. The first kappa shape index (κ1) is 13.6. The number of anilines is 1. The second-order valence-electron chi connectivity index (χ2n) is 4.11. The van der Waals surface area contributed by atoms with Crippen LogP contribution in [0.15, 0.2) is 47.1 Å². The summed E-state index contributed by atoms with van der Waals surface area (Å²) in [6.07, 6.45) is 1.79. The quantitative estimate of drug-likeness (QED) is 0.862. The second-order valence-corrected chi connectivity index (χ2v) is 5.02. The van der Waals surface area contributed by atoms with E-state index in [1.165, 1.54) is 0 Å². The molecule has 0 N–H and O–H groups in total. The Labute approximate surface area is 121 Å². The van der Waals surface area contributed by atoms with Crippen molar-refractivity contribution >= 4 is 21.6 Å². The summed E-state index contributed by atoms with van der Waals surface area (Å²) in [6.45, 7) is 3.60. The van der Waals surface area contributed by atoms with Gasteiger partial charge in [-0.1, -0.05) is 22.0 Å². The predicted octanol–water partition coefficient (Wildman–Crippen LogP) is 3.74. The van der Waals surface area contributed by atoms with Gasteiger partial charge in [-0.3, -0.25) is 4.98 Å². The van der Waals surface area contributed by atoms with Gasteiger partial charge in [0.25, 0.3) is 0 Å². The molecule has 0 aliphatic carbocycles. The molecule has 0 spiro atoms. The minimum Gasteiger partial charge on any atom is -0.365 e. The number of halogens is 1. The maximum atomic E-state index is 9.24. The van der Waals surface area contributed by atoms with Crippen molar-refractivity contribution in [1.82, 2.24) is 4.98 Å². The zero-order chi connectivity index (χ0) is 13.7. The van der Waals surface area contributed by atoms with Crippen LogP contribution in [0.25, 0.3) is 0 Å². The summed E-state index contributed by atoms with van der Waals surface area (Å²) in [7, 11) is 0. The molecule has 0 aliphatic heterocycles. The molecule has 0 atom stereocenters. The fourth-order valence-corrected chi connectivity index (χ4v) is 2.29. The van der Waals surface area contributed by atoms with Crippen LogP contribution in [-0.4, -0.2) is 11.5 Å². The van der Waals surface area contributed by atoms with Gasteiger partial charge in [-0.15, -0.1) is 0 Å². The van der Waals surface area contributed by atoms with E-state index >= 15 is 0 Å². The Balaban J connectivity index is 2.30. The molecular weight excluding hydrogens is 302 g/mol. The van der Waals surface area contributed by atoms with Gasteiger partial charge in [-0.05, 0) is 37.3 Å². The highest BCUT2D eigenvalue weighted by Crippen LogP contribution is 2.25. The van der Waals surface area contributed by atoms with Crippen molar-refractivity contribution in [3.8, 4) is 6.07 Å².